The van der Waals surface area contributed by atoms with Gasteiger partial charge in [0.1, 0.15) is 0 Å². The van der Waals surface area contributed by atoms with Gasteiger partial charge in [-0.2, -0.15) is 5.10 Å². The molecule has 0 fully saturated rings. The molecule has 6 nitrogen and oxygen atoms in total. The number of hydrogen-bond acceptors (Lipinski definition) is 3. The average Bonchev–Trinajstić information content (AvgIpc) is 3.06. The van der Waals surface area contributed by atoms with E-state index < -0.39 is 6.04 Å². The molecule has 1 atom stereocenters. The predicted molar refractivity (Wildman–Crippen MR) is 81.8 cm³/mol. The molecular formula is C15H17N5O. The summed E-state index contributed by atoms with van der Waals surface area (Å²) >= 11 is 0. The van der Waals surface area contributed by atoms with Crippen LogP contribution < -0.4 is 11.1 Å². The summed E-state index contributed by atoms with van der Waals surface area (Å²) in [5.74, 6) is 0.274. The molecule has 0 saturated carbocycles. The van der Waals surface area contributed by atoms with Crippen LogP contribution in [0, 0.1) is 0 Å². The van der Waals surface area contributed by atoms with Gasteiger partial charge in [-0.05, 0) is 18.1 Å². The van der Waals surface area contributed by atoms with Crippen LogP contribution >= 0.6 is 0 Å². The highest BCUT2D eigenvalue weighted by Gasteiger charge is 2.17. The third-order valence-electron chi connectivity index (χ3n) is 3.42. The number of nitrogens with one attached hydrogen (secondary N) is 2. The second kappa shape index (κ2) is 5.41. The van der Waals surface area contributed by atoms with Crippen LogP contribution in [0.2, 0.25) is 0 Å². The maximum Gasteiger partial charge on any atom is 0.242 e. The van der Waals surface area contributed by atoms with E-state index in [1.54, 1.807) is 24.0 Å². The van der Waals surface area contributed by atoms with Gasteiger partial charge in [-0.25, -0.2) is 0 Å². The first-order valence-corrected chi connectivity index (χ1v) is 6.74. The third-order valence-corrected chi connectivity index (χ3v) is 3.42. The van der Waals surface area contributed by atoms with E-state index in [-0.39, 0.29) is 5.91 Å². The predicted octanol–water partition coefficient (Wildman–Crippen LogP) is 1.41. The number of nitrogens with two attached hydrogens (primary N) is 1. The van der Waals surface area contributed by atoms with Gasteiger partial charge in [-0.1, -0.05) is 18.2 Å². The Morgan fingerprint density at radius 1 is 1.43 bits per heavy atom. The van der Waals surface area contributed by atoms with Gasteiger partial charge in [0.05, 0.1) is 6.04 Å². The van der Waals surface area contributed by atoms with E-state index in [2.05, 4.69) is 15.4 Å². The molecule has 0 radical (unpaired) electrons. The Morgan fingerprint density at radius 3 is 3.00 bits per heavy atom. The fraction of sp³-hybridized carbons (Fsp3) is 0.200. The normalized spacial score (nSPS) is 12.5. The van der Waals surface area contributed by atoms with E-state index in [4.69, 9.17) is 5.73 Å². The molecule has 0 unspecified atom stereocenters. The second-order valence-electron chi connectivity index (χ2n) is 5.03. The number of para-hydroxylation sites is 1. The number of carbonyl (C=O) groups is 1. The van der Waals surface area contributed by atoms with E-state index >= 15 is 0 Å². The Morgan fingerprint density at radius 2 is 2.24 bits per heavy atom. The number of amides is 1. The van der Waals surface area contributed by atoms with E-state index in [1.165, 1.54) is 0 Å². The van der Waals surface area contributed by atoms with Crippen LogP contribution in [0.25, 0.3) is 10.9 Å². The lowest BCUT2D eigenvalue weighted by Gasteiger charge is -2.10. The van der Waals surface area contributed by atoms with E-state index in [0.29, 0.717) is 12.2 Å². The summed E-state index contributed by atoms with van der Waals surface area (Å²) in [4.78, 5) is 15.3. The summed E-state index contributed by atoms with van der Waals surface area (Å²) < 4.78 is 1.63. The number of hydrogen-bond donors (Lipinski definition) is 3. The number of H-pyrrole nitrogens is 1. The van der Waals surface area contributed by atoms with Gasteiger partial charge in [-0.3, -0.25) is 9.48 Å². The molecule has 21 heavy (non-hydrogen) atoms. The summed E-state index contributed by atoms with van der Waals surface area (Å²) in [6, 6.07) is 9.07. The fourth-order valence-electron chi connectivity index (χ4n) is 2.33. The van der Waals surface area contributed by atoms with Crippen LogP contribution in [-0.4, -0.2) is 26.7 Å². The van der Waals surface area contributed by atoms with Crippen molar-refractivity contribution >= 4 is 22.6 Å². The quantitative estimate of drug-likeness (QED) is 0.676. The molecule has 0 aliphatic heterocycles. The molecule has 6 heteroatoms. The second-order valence-corrected chi connectivity index (χ2v) is 5.03. The van der Waals surface area contributed by atoms with Crippen molar-refractivity contribution in [2.75, 3.05) is 5.32 Å². The summed E-state index contributed by atoms with van der Waals surface area (Å²) in [5, 5.41) is 7.92. The van der Waals surface area contributed by atoms with Gasteiger partial charge < -0.3 is 16.0 Å². The molecule has 108 valence electrons. The highest BCUT2D eigenvalue weighted by atomic mass is 16.2. The first-order valence-electron chi connectivity index (χ1n) is 6.74. The highest BCUT2D eigenvalue weighted by Crippen LogP contribution is 2.19. The molecule has 1 amide bonds. The number of aromatic nitrogens is 3. The van der Waals surface area contributed by atoms with Crippen molar-refractivity contribution in [3.8, 4) is 0 Å². The number of carbonyl (C=O) groups excluding carboxylic acids is 1. The Kier molecular flexibility index (Phi) is 3.45. The van der Waals surface area contributed by atoms with Crippen molar-refractivity contribution in [1.82, 2.24) is 14.8 Å². The van der Waals surface area contributed by atoms with Crippen molar-refractivity contribution in [2.45, 2.75) is 12.5 Å². The zero-order chi connectivity index (χ0) is 14.8. The number of nitrogens with zero attached hydrogens (tertiary/aromatic N) is 2. The molecule has 0 aliphatic carbocycles. The first-order chi connectivity index (χ1) is 10.1. The first kappa shape index (κ1) is 13.4. The number of aryl methyl sites for hydroxylation is 1. The standard InChI is InChI=1S/C15H17N5O/c1-20-7-6-14(19-20)18-15(21)12(16)8-10-9-17-13-5-3-2-4-11(10)13/h2-7,9,12,17H,8,16H2,1H3,(H,18,19,21)/t12-/m1/s1. The van der Waals surface area contributed by atoms with Crippen molar-refractivity contribution in [2.24, 2.45) is 12.8 Å². The van der Waals surface area contributed by atoms with Gasteiger partial charge in [0.2, 0.25) is 5.91 Å². The zero-order valence-electron chi connectivity index (χ0n) is 11.7. The minimum Gasteiger partial charge on any atom is -0.361 e. The molecule has 2 heterocycles. The highest BCUT2D eigenvalue weighted by molar-refractivity contribution is 5.94. The number of benzene rings is 1. The van der Waals surface area contributed by atoms with Crippen LogP contribution in [0.1, 0.15) is 5.56 Å². The van der Waals surface area contributed by atoms with Crippen LogP contribution in [-0.2, 0) is 18.3 Å². The van der Waals surface area contributed by atoms with Crippen LogP contribution in [0.3, 0.4) is 0 Å². The average molecular weight is 283 g/mol. The lowest BCUT2D eigenvalue weighted by molar-refractivity contribution is -0.117. The van der Waals surface area contributed by atoms with Gasteiger partial charge in [0.15, 0.2) is 5.82 Å². The van der Waals surface area contributed by atoms with Crippen LogP contribution in [0.5, 0.6) is 0 Å². The molecule has 0 saturated heterocycles. The van der Waals surface area contributed by atoms with Crippen LogP contribution in [0.15, 0.2) is 42.7 Å². The van der Waals surface area contributed by atoms with Gasteiger partial charge in [0.25, 0.3) is 0 Å². The van der Waals surface area contributed by atoms with E-state index in [9.17, 15) is 4.79 Å². The number of rotatable bonds is 4. The summed E-state index contributed by atoms with van der Waals surface area (Å²) in [6.07, 6.45) is 4.14. The largest absolute Gasteiger partial charge is 0.361 e. The molecule has 0 spiro atoms. The van der Waals surface area contributed by atoms with Gasteiger partial charge in [0, 0.05) is 36.4 Å². The van der Waals surface area contributed by atoms with Crippen LogP contribution in [0.4, 0.5) is 5.82 Å². The molecule has 2 aromatic heterocycles. The Hall–Kier alpha value is -2.60. The van der Waals surface area contributed by atoms with Crippen molar-refractivity contribution < 1.29 is 4.79 Å². The Balaban J connectivity index is 1.70. The molecule has 1 aromatic carbocycles. The number of anilines is 1. The molecule has 3 rings (SSSR count). The lowest BCUT2D eigenvalue weighted by Crippen LogP contribution is -2.37. The SMILES string of the molecule is Cn1ccc(NC(=O)[C@H](N)Cc2c[nH]c3ccccc23)n1. The van der Waals surface area contributed by atoms with E-state index in [1.807, 2.05) is 30.5 Å². The topological polar surface area (TPSA) is 88.7 Å². The minimum absolute atomic E-state index is 0.237. The third kappa shape index (κ3) is 2.80. The van der Waals surface area contributed by atoms with Crippen molar-refractivity contribution in [1.29, 1.82) is 0 Å². The minimum atomic E-state index is -0.619. The van der Waals surface area contributed by atoms with Crippen molar-refractivity contribution in [3.05, 3.63) is 48.3 Å². The molecule has 4 N–H and O–H groups in total. The summed E-state index contributed by atoms with van der Waals surface area (Å²) in [6.45, 7) is 0. The van der Waals surface area contributed by atoms with E-state index in [0.717, 1.165) is 16.5 Å². The monoisotopic (exact) mass is 283 g/mol. The Bertz CT molecular complexity index is 773. The van der Waals surface area contributed by atoms with Gasteiger partial charge >= 0.3 is 0 Å². The summed E-state index contributed by atoms with van der Waals surface area (Å²) in [5.41, 5.74) is 8.08. The zero-order valence-corrected chi connectivity index (χ0v) is 11.7. The smallest absolute Gasteiger partial charge is 0.242 e. The van der Waals surface area contributed by atoms with Gasteiger partial charge in [-0.15, -0.1) is 0 Å². The van der Waals surface area contributed by atoms with Crippen molar-refractivity contribution in [3.63, 3.8) is 0 Å². The fourth-order valence-corrected chi connectivity index (χ4v) is 2.33. The maximum atomic E-state index is 12.1. The maximum absolute atomic E-state index is 12.1. The molecule has 3 aromatic rings. The number of aromatic amines is 1. The number of fused-ring (bicyclic) bond motifs is 1. The molecular weight excluding hydrogens is 266 g/mol. The lowest BCUT2D eigenvalue weighted by atomic mass is 10.1. The molecule has 0 aliphatic rings. The summed E-state index contributed by atoms with van der Waals surface area (Å²) in [7, 11) is 1.79. The molecule has 0 bridgehead atoms. The Labute approximate surface area is 121 Å².